The maximum Gasteiger partial charge on any atom is 0.287 e. The van der Waals surface area contributed by atoms with Crippen LogP contribution in [0.2, 0.25) is 18.1 Å². The molecule has 0 saturated carbocycles. The molecule has 1 aliphatic rings. The second kappa shape index (κ2) is 6.57. The number of nitro groups is 1. The van der Waals surface area contributed by atoms with Gasteiger partial charge in [-0.15, -0.1) is 0 Å². The average molecular weight is 337 g/mol. The first kappa shape index (κ1) is 17.9. The molecular formula is C16H27N3O3Si. The van der Waals surface area contributed by atoms with E-state index in [2.05, 4.69) is 43.7 Å². The molecule has 0 amide bonds. The highest BCUT2D eigenvalue weighted by Crippen LogP contribution is 2.38. The number of anilines is 1. The molecule has 128 valence electrons. The summed E-state index contributed by atoms with van der Waals surface area (Å²) in [5, 5.41) is 10.9. The smallest absolute Gasteiger partial charge is 0.287 e. The highest BCUT2D eigenvalue weighted by molar-refractivity contribution is 6.74. The van der Waals surface area contributed by atoms with Gasteiger partial charge in [-0.1, -0.05) is 20.8 Å². The molecule has 2 rings (SSSR count). The monoisotopic (exact) mass is 337 g/mol. The summed E-state index contributed by atoms with van der Waals surface area (Å²) in [7, 11) is -1.72. The van der Waals surface area contributed by atoms with E-state index in [-0.39, 0.29) is 10.7 Å². The van der Waals surface area contributed by atoms with E-state index in [1.807, 2.05) is 0 Å². The van der Waals surface area contributed by atoms with Gasteiger partial charge >= 0.3 is 0 Å². The molecular weight excluding hydrogens is 310 g/mol. The van der Waals surface area contributed by atoms with Crippen LogP contribution in [0.3, 0.4) is 0 Å². The largest absolute Gasteiger partial charge is 0.414 e. The van der Waals surface area contributed by atoms with Gasteiger partial charge in [-0.2, -0.15) is 0 Å². The van der Waals surface area contributed by atoms with Crippen molar-refractivity contribution in [3.8, 4) is 0 Å². The average Bonchev–Trinajstić information content (AvgIpc) is 2.46. The zero-order valence-corrected chi connectivity index (χ0v) is 15.7. The molecule has 0 aromatic carbocycles. The lowest BCUT2D eigenvalue weighted by molar-refractivity contribution is -0.385. The molecule has 1 aromatic rings. The lowest BCUT2D eigenvalue weighted by Gasteiger charge is -2.42. The molecule has 0 unspecified atom stereocenters. The summed E-state index contributed by atoms with van der Waals surface area (Å²) in [6.07, 6.45) is 3.59. The van der Waals surface area contributed by atoms with Crippen molar-refractivity contribution in [1.29, 1.82) is 0 Å². The van der Waals surface area contributed by atoms with Crippen LogP contribution in [0, 0.1) is 10.1 Å². The van der Waals surface area contributed by atoms with Gasteiger partial charge in [0, 0.05) is 25.3 Å². The number of pyridine rings is 1. The highest BCUT2D eigenvalue weighted by atomic mass is 28.4. The molecule has 6 nitrogen and oxygen atoms in total. The number of piperidine rings is 1. The molecule has 1 saturated heterocycles. The third-order valence-corrected chi connectivity index (χ3v) is 9.51. The van der Waals surface area contributed by atoms with E-state index in [1.165, 1.54) is 12.3 Å². The van der Waals surface area contributed by atoms with Crippen LogP contribution in [0.25, 0.3) is 0 Å². The van der Waals surface area contributed by atoms with Gasteiger partial charge in [-0.25, -0.2) is 4.98 Å². The molecule has 7 heteroatoms. The minimum absolute atomic E-state index is 0.0323. The van der Waals surface area contributed by atoms with Gasteiger partial charge in [0.1, 0.15) is 12.0 Å². The van der Waals surface area contributed by atoms with Crippen molar-refractivity contribution in [2.75, 3.05) is 18.0 Å². The Hall–Kier alpha value is -1.47. The minimum Gasteiger partial charge on any atom is -0.414 e. The Morgan fingerprint density at radius 1 is 1.30 bits per heavy atom. The Bertz CT molecular complexity index is 547. The first-order valence-electron chi connectivity index (χ1n) is 8.13. The highest BCUT2D eigenvalue weighted by Gasteiger charge is 2.39. The quantitative estimate of drug-likeness (QED) is 0.472. The van der Waals surface area contributed by atoms with Crippen LogP contribution in [0.15, 0.2) is 18.3 Å². The van der Waals surface area contributed by atoms with Crippen molar-refractivity contribution < 1.29 is 9.35 Å². The van der Waals surface area contributed by atoms with Crippen LogP contribution in [0.1, 0.15) is 33.6 Å². The van der Waals surface area contributed by atoms with E-state index in [0.29, 0.717) is 6.10 Å². The molecule has 0 bridgehead atoms. The van der Waals surface area contributed by atoms with E-state index in [0.717, 1.165) is 31.7 Å². The van der Waals surface area contributed by atoms with E-state index in [4.69, 9.17) is 4.43 Å². The zero-order chi connectivity index (χ0) is 17.3. The van der Waals surface area contributed by atoms with Crippen molar-refractivity contribution in [1.82, 2.24) is 4.98 Å². The van der Waals surface area contributed by atoms with E-state index < -0.39 is 13.2 Å². The van der Waals surface area contributed by atoms with Crippen molar-refractivity contribution >= 4 is 19.8 Å². The van der Waals surface area contributed by atoms with E-state index in [9.17, 15) is 10.1 Å². The summed E-state index contributed by atoms with van der Waals surface area (Å²) >= 11 is 0. The Kier molecular flexibility index (Phi) is 5.10. The normalized spacial score (nSPS) is 17.3. The molecule has 1 aliphatic heterocycles. The second-order valence-electron chi connectivity index (χ2n) is 7.70. The number of nitrogens with zero attached hydrogens (tertiary/aromatic N) is 3. The summed E-state index contributed by atoms with van der Waals surface area (Å²) in [4.78, 5) is 16.7. The maximum atomic E-state index is 10.7. The third kappa shape index (κ3) is 4.29. The standard InChI is InChI=1S/C16H27N3O3Si/c1-16(2,3)23(4,5)22-14-8-10-18(11-9-14)15-7-6-13(12-17-15)19(20)21/h6-7,12,14H,8-11H2,1-5H3. The van der Waals surface area contributed by atoms with Crippen molar-refractivity contribution in [3.05, 3.63) is 28.4 Å². The number of hydrogen-bond donors (Lipinski definition) is 0. The number of hydrogen-bond acceptors (Lipinski definition) is 5. The Morgan fingerprint density at radius 2 is 1.91 bits per heavy atom. The number of rotatable bonds is 4. The Labute approximate surface area is 139 Å². The maximum absolute atomic E-state index is 10.7. The van der Waals surface area contributed by atoms with E-state index >= 15 is 0 Å². The summed E-state index contributed by atoms with van der Waals surface area (Å²) in [5.41, 5.74) is 0.0323. The fraction of sp³-hybridized carbons (Fsp3) is 0.688. The molecule has 0 spiro atoms. The molecule has 1 aromatic heterocycles. The fourth-order valence-corrected chi connectivity index (χ4v) is 3.89. The van der Waals surface area contributed by atoms with Gasteiger partial charge in [0.05, 0.1) is 4.92 Å². The first-order chi connectivity index (χ1) is 10.6. The van der Waals surface area contributed by atoms with Crippen LogP contribution < -0.4 is 4.90 Å². The minimum atomic E-state index is -1.72. The molecule has 0 atom stereocenters. The second-order valence-corrected chi connectivity index (χ2v) is 12.5. The summed E-state index contributed by atoms with van der Waals surface area (Å²) in [6, 6.07) is 3.24. The summed E-state index contributed by atoms with van der Waals surface area (Å²) in [5.74, 6) is 0.807. The van der Waals surface area contributed by atoms with Crippen LogP contribution >= 0.6 is 0 Å². The van der Waals surface area contributed by atoms with Crippen molar-refractivity contribution in [2.45, 2.75) is 57.8 Å². The molecule has 1 fully saturated rings. The lowest BCUT2D eigenvalue weighted by Crippen LogP contribution is -2.47. The molecule has 0 N–H and O–H groups in total. The van der Waals surface area contributed by atoms with Gasteiger partial charge in [0.2, 0.25) is 0 Å². The topological polar surface area (TPSA) is 68.5 Å². The molecule has 2 heterocycles. The predicted octanol–water partition coefficient (Wildman–Crippen LogP) is 3.98. The SMILES string of the molecule is CC(C)(C)[Si](C)(C)OC1CCN(c2ccc([N+](=O)[O-])cn2)CC1. The molecule has 0 radical (unpaired) electrons. The van der Waals surface area contributed by atoms with Gasteiger partial charge in [0.25, 0.3) is 5.69 Å². The third-order valence-electron chi connectivity index (χ3n) is 4.98. The molecule has 23 heavy (non-hydrogen) atoms. The van der Waals surface area contributed by atoms with Crippen LogP contribution in [-0.2, 0) is 4.43 Å². The van der Waals surface area contributed by atoms with Crippen LogP contribution in [0.5, 0.6) is 0 Å². The predicted molar refractivity (Wildman–Crippen MR) is 94.4 cm³/mol. The van der Waals surface area contributed by atoms with Gasteiger partial charge in [-0.3, -0.25) is 10.1 Å². The summed E-state index contributed by atoms with van der Waals surface area (Å²) < 4.78 is 6.48. The van der Waals surface area contributed by atoms with Gasteiger partial charge < -0.3 is 9.33 Å². The van der Waals surface area contributed by atoms with Gasteiger partial charge in [0.15, 0.2) is 8.32 Å². The zero-order valence-electron chi connectivity index (χ0n) is 14.7. The first-order valence-corrected chi connectivity index (χ1v) is 11.0. The lowest BCUT2D eigenvalue weighted by atomic mass is 10.1. The fourth-order valence-electron chi connectivity index (χ4n) is 2.47. The molecule has 0 aliphatic carbocycles. The van der Waals surface area contributed by atoms with E-state index in [1.54, 1.807) is 6.07 Å². The van der Waals surface area contributed by atoms with Crippen molar-refractivity contribution in [3.63, 3.8) is 0 Å². The van der Waals surface area contributed by atoms with Crippen molar-refractivity contribution in [2.24, 2.45) is 0 Å². The summed E-state index contributed by atoms with van der Waals surface area (Å²) in [6.45, 7) is 13.1. The Morgan fingerprint density at radius 3 is 2.35 bits per heavy atom. The number of aromatic nitrogens is 1. The van der Waals surface area contributed by atoms with Crippen LogP contribution in [0.4, 0.5) is 11.5 Å². The Balaban J connectivity index is 1.92. The van der Waals surface area contributed by atoms with Crippen LogP contribution in [-0.4, -0.2) is 37.4 Å². The van der Waals surface area contributed by atoms with Gasteiger partial charge in [-0.05, 0) is 37.0 Å².